The summed E-state index contributed by atoms with van der Waals surface area (Å²) in [6.07, 6.45) is 1.57. The maximum atomic E-state index is 13.8. The molecule has 25 heavy (non-hydrogen) atoms. The normalized spacial score (nSPS) is 15.8. The second-order valence-electron chi connectivity index (χ2n) is 5.06. The minimum absolute atomic E-state index is 0.0726. The van der Waals surface area contributed by atoms with Gasteiger partial charge in [-0.3, -0.25) is 4.79 Å². The Balaban J connectivity index is 1.57. The van der Waals surface area contributed by atoms with Gasteiger partial charge in [-0.25, -0.2) is 4.39 Å². The number of nitrogens with one attached hydrogen (secondary N) is 1. The van der Waals surface area contributed by atoms with Crippen LogP contribution in [0.2, 0.25) is 5.02 Å². The molecule has 2 aromatic carbocycles. The van der Waals surface area contributed by atoms with E-state index in [1.54, 1.807) is 42.6 Å². The second-order valence-corrected chi connectivity index (χ2v) is 6.43. The number of carbonyl (C=O) groups is 1. The standard InChI is InChI=1S/C17H13ClFN3O2S/c18-14-3-1-2-12(16(14)19)9-24-13-6-4-11(5-7-13)8-20-22-17-21-15(23)10-25-17/h1-8H,9-10H2,(H,21,22,23). The summed E-state index contributed by atoms with van der Waals surface area (Å²) in [5, 5.41) is 11.0. The van der Waals surface area contributed by atoms with Crippen molar-refractivity contribution in [2.45, 2.75) is 6.61 Å². The van der Waals surface area contributed by atoms with Crippen LogP contribution >= 0.6 is 23.4 Å². The lowest BCUT2D eigenvalue weighted by molar-refractivity contribution is -0.116. The molecule has 2 aromatic rings. The molecular weight excluding hydrogens is 365 g/mol. The van der Waals surface area contributed by atoms with Crippen LogP contribution in [0.4, 0.5) is 4.39 Å². The molecule has 1 fully saturated rings. The van der Waals surface area contributed by atoms with Crippen LogP contribution in [0.3, 0.4) is 0 Å². The number of nitrogens with zero attached hydrogens (tertiary/aromatic N) is 2. The van der Waals surface area contributed by atoms with Crippen molar-refractivity contribution in [3.05, 3.63) is 64.4 Å². The number of amidine groups is 1. The molecule has 1 N–H and O–H groups in total. The third-order valence-corrected chi connectivity index (χ3v) is 4.40. The van der Waals surface area contributed by atoms with Crippen molar-refractivity contribution in [3.63, 3.8) is 0 Å². The number of halogens is 2. The average Bonchev–Trinajstić information content (AvgIpc) is 3.03. The number of carbonyl (C=O) groups excluding carboxylic acids is 1. The Morgan fingerprint density at radius 1 is 1.28 bits per heavy atom. The first kappa shape index (κ1) is 17.4. The number of rotatable bonds is 5. The highest BCUT2D eigenvalue weighted by Gasteiger charge is 2.15. The van der Waals surface area contributed by atoms with Gasteiger partial charge in [0.15, 0.2) is 5.17 Å². The van der Waals surface area contributed by atoms with E-state index in [0.29, 0.717) is 22.2 Å². The van der Waals surface area contributed by atoms with E-state index in [1.165, 1.54) is 17.8 Å². The van der Waals surface area contributed by atoms with Gasteiger partial charge in [0, 0.05) is 5.56 Å². The van der Waals surface area contributed by atoms with Crippen molar-refractivity contribution in [3.8, 4) is 5.75 Å². The number of thioether (sulfide) groups is 1. The summed E-state index contributed by atoms with van der Waals surface area (Å²) in [5.41, 5.74) is 1.21. The molecular formula is C17H13ClFN3O2S. The number of hydrogen-bond acceptors (Lipinski definition) is 5. The first-order chi connectivity index (χ1) is 12.1. The molecule has 0 atom stereocenters. The van der Waals surface area contributed by atoms with Gasteiger partial charge in [0.05, 0.1) is 17.0 Å². The third-order valence-electron chi connectivity index (χ3n) is 3.25. The molecule has 1 heterocycles. The van der Waals surface area contributed by atoms with Crippen LogP contribution in [-0.2, 0) is 11.4 Å². The molecule has 1 saturated heterocycles. The van der Waals surface area contributed by atoms with Crippen molar-refractivity contribution < 1.29 is 13.9 Å². The lowest BCUT2D eigenvalue weighted by Gasteiger charge is -2.08. The summed E-state index contributed by atoms with van der Waals surface area (Å²) in [7, 11) is 0. The Labute approximate surface area is 152 Å². The Morgan fingerprint density at radius 2 is 2.08 bits per heavy atom. The summed E-state index contributed by atoms with van der Waals surface area (Å²) >= 11 is 7.05. The molecule has 0 aromatic heterocycles. The van der Waals surface area contributed by atoms with Gasteiger partial charge >= 0.3 is 0 Å². The first-order valence-corrected chi connectivity index (χ1v) is 8.67. The van der Waals surface area contributed by atoms with Gasteiger partial charge in [-0.1, -0.05) is 35.5 Å². The second kappa shape index (κ2) is 8.13. The molecule has 8 heteroatoms. The van der Waals surface area contributed by atoms with Gasteiger partial charge in [-0.15, -0.1) is 5.10 Å². The number of amides is 1. The fourth-order valence-corrected chi connectivity index (χ4v) is 2.82. The van der Waals surface area contributed by atoms with E-state index in [9.17, 15) is 9.18 Å². The lowest BCUT2D eigenvalue weighted by atomic mass is 10.2. The Bertz CT molecular complexity index is 840. The summed E-state index contributed by atoms with van der Waals surface area (Å²) in [4.78, 5) is 11.0. The van der Waals surface area contributed by atoms with Crippen LogP contribution in [-0.4, -0.2) is 23.0 Å². The van der Waals surface area contributed by atoms with Crippen LogP contribution in [0, 0.1) is 5.82 Å². The van der Waals surface area contributed by atoms with Crippen LogP contribution in [0.1, 0.15) is 11.1 Å². The maximum Gasteiger partial charge on any atom is 0.236 e. The molecule has 0 aliphatic carbocycles. The summed E-state index contributed by atoms with van der Waals surface area (Å²) in [6, 6.07) is 11.9. The Morgan fingerprint density at radius 3 is 2.80 bits per heavy atom. The van der Waals surface area contributed by atoms with Gasteiger partial charge < -0.3 is 10.1 Å². The molecule has 5 nitrogen and oxygen atoms in total. The molecule has 1 aliphatic heterocycles. The zero-order valence-corrected chi connectivity index (χ0v) is 14.5. The molecule has 0 spiro atoms. The monoisotopic (exact) mass is 377 g/mol. The van der Waals surface area contributed by atoms with Gasteiger partial charge in [-0.2, -0.15) is 5.10 Å². The minimum Gasteiger partial charge on any atom is -0.489 e. The third kappa shape index (κ3) is 4.80. The van der Waals surface area contributed by atoms with Gasteiger partial charge in [0.25, 0.3) is 0 Å². The van der Waals surface area contributed by atoms with E-state index >= 15 is 0 Å². The molecule has 0 radical (unpaired) electrons. The van der Waals surface area contributed by atoms with Crippen LogP contribution in [0.15, 0.2) is 52.7 Å². The van der Waals surface area contributed by atoms with E-state index in [2.05, 4.69) is 15.5 Å². The predicted molar refractivity (Wildman–Crippen MR) is 97.8 cm³/mol. The molecule has 0 bridgehead atoms. The highest BCUT2D eigenvalue weighted by Crippen LogP contribution is 2.20. The largest absolute Gasteiger partial charge is 0.489 e. The van der Waals surface area contributed by atoms with Gasteiger partial charge in [0.2, 0.25) is 5.91 Å². The highest BCUT2D eigenvalue weighted by molar-refractivity contribution is 8.15. The minimum atomic E-state index is -0.469. The molecule has 0 saturated carbocycles. The smallest absolute Gasteiger partial charge is 0.236 e. The summed E-state index contributed by atoms with van der Waals surface area (Å²) in [6.45, 7) is 0.0877. The van der Waals surface area contributed by atoms with E-state index < -0.39 is 5.82 Å². The average molecular weight is 378 g/mol. The topological polar surface area (TPSA) is 63.0 Å². The quantitative estimate of drug-likeness (QED) is 0.639. The van der Waals surface area contributed by atoms with E-state index in [4.69, 9.17) is 16.3 Å². The van der Waals surface area contributed by atoms with Crippen molar-refractivity contribution >= 4 is 40.7 Å². The number of benzene rings is 2. The maximum absolute atomic E-state index is 13.8. The summed E-state index contributed by atoms with van der Waals surface area (Å²) in [5.74, 6) is 0.426. The van der Waals surface area contributed by atoms with E-state index in [-0.39, 0.29) is 17.5 Å². The van der Waals surface area contributed by atoms with Crippen molar-refractivity contribution in [2.75, 3.05) is 5.75 Å². The fourth-order valence-electron chi connectivity index (χ4n) is 2.00. The van der Waals surface area contributed by atoms with E-state index in [1.807, 2.05) is 0 Å². The van der Waals surface area contributed by atoms with Crippen LogP contribution in [0.5, 0.6) is 5.75 Å². The number of hydrogen-bond donors (Lipinski definition) is 1. The zero-order valence-electron chi connectivity index (χ0n) is 12.9. The highest BCUT2D eigenvalue weighted by atomic mass is 35.5. The lowest BCUT2D eigenvalue weighted by Crippen LogP contribution is -2.19. The van der Waals surface area contributed by atoms with Crippen molar-refractivity contribution in [1.29, 1.82) is 0 Å². The molecule has 0 unspecified atom stereocenters. The SMILES string of the molecule is O=C1CSC(=NN=Cc2ccc(OCc3cccc(Cl)c3F)cc2)N1. The van der Waals surface area contributed by atoms with E-state index in [0.717, 1.165) is 5.56 Å². The zero-order chi connectivity index (χ0) is 17.6. The first-order valence-electron chi connectivity index (χ1n) is 7.31. The summed E-state index contributed by atoms with van der Waals surface area (Å²) < 4.78 is 19.3. The van der Waals surface area contributed by atoms with Crippen molar-refractivity contribution in [1.82, 2.24) is 5.32 Å². The molecule has 3 rings (SSSR count). The Kier molecular flexibility index (Phi) is 5.67. The van der Waals surface area contributed by atoms with Gasteiger partial charge in [-0.05, 0) is 35.9 Å². The van der Waals surface area contributed by atoms with Crippen LogP contribution in [0.25, 0.3) is 0 Å². The molecule has 1 aliphatic rings. The molecule has 1 amide bonds. The van der Waals surface area contributed by atoms with Gasteiger partial charge in [0.1, 0.15) is 18.2 Å². The molecule has 128 valence electrons. The predicted octanol–water partition coefficient (Wildman–Crippen LogP) is 3.61. The van der Waals surface area contributed by atoms with Crippen molar-refractivity contribution in [2.24, 2.45) is 10.2 Å². The Hall–Kier alpha value is -2.38. The fraction of sp³-hybridized carbons (Fsp3) is 0.118. The number of ether oxygens (including phenoxy) is 1. The van der Waals surface area contributed by atoms with Crippen LogP contribution < -0.4 is 10.1 Å².